The summed E-state index contributed by atoms with van der Waals surface area (Å²) in [6.07, 6.45) is 9.72. The summed E-state index contributed by atoms with van der Waals surface area (Å²) in [7, 11) is -3.39. The van der Waals surface area contributed by atoms with Gasteiger partial charge in [0.25, 0.3) is 0 Å². The van der Waals surface area contributed by atoms with E-state index in [1.54, 1.807) is 0 Å². The molecule has 0 aliphatic heterocycles. The Kier molecular flexibility index (Phi) is 8.85. The van der Waals surface area contributed by atoms with Crippen LogP contribution in [0.25, 0.3) is 0 Å². The fourth-order valence-corrected chi connectivity index (χ4v) is 4.65. The fraction of sp³-hybridized carbons (Fsp3) is 0.684. The lowest BCUT2D eigenvalue weighted by molar-refractivity contribution is 0.558. The Balaban J connectivity index is 2.37. The highest BCUT2D eigenvalue weighted by atomic mass is 32.2. The van der Waals surface area contributed by atoms with Crippen LogP contribution in [0.3, 0.4) is 0 Å². The van der Waals surface area contributed by atoms with Crippen molar-refractivity contribution in [3.8, 4) is 0 Å². The van der Waals surface area contributed by atoms with Gasteiger partial charge in [0, 0.05) is 6.54 Å². The van der Waals surface area contributed by atoms with E-state index in [1.165, 1.54) is 38.5 Å². The van der Waals surface area contributed by atoms with E-state index in [0.29, 0.717) is 11.4 Å². The number of rotatable bonds is 11. The molecular formula is C19H33NO2S. The van der Waals surface area contributed by atoms with Crippen molar-refractivity contribution < 1.29 is 8.42 Å². The molecule has 0 spiro atoms. The predicted molar refractivity (Wildman–Crippen MR) is 98.5 cm³/mol. The van der Waals surface area contributed by atoms with E-state index in [9.17, 15) is 8.42 Å². The Morgan fingerprint density at radius 1 is 0.826 bits per heavy atom. The van der Waals surface area contributed by atoms with Gasteiger partial charge in [-0.2, -0.15) is 0 Å². The number of sulfonamides is 1. The second-order valence-corrected chi connectivity index (χ2v) is 8.30. The van der Waals surface area contributed by atoms with Crippen LogP contribution in [0.2, 0.25) is 0 Å². The molecule has 0 unspecified atom stereocenters. The average Bonchev–Trinajstić information content (AvgIpc) is 2.44. The van der Waals surface area contributed by atoms with E-state index >= 15 is 0 Å². The minimum atomic E-state index is -3.39. The highest BCUT2D eigenvalue weighted by Crippen LogP contribution is 2.21. The molecule has 0 aliphatic rings. The molecule has 4 heteroatoms. The first-order valence-electron chi connectivity index (χ1n) is 8.96. The van der Waals surface area contributed by atoms with Gasteiger partial charge in [-0.05, 0) is 38.3 Å². The van der Waals surface area contributed by atoms with Crippen molar-refractivity contribution >= 4 is 10.0 Å². The molecule has 1 aromatic rings. The van der Waals surface area contributed by atoms with Crippen molar-refractivity contribution in [2.24, 2.45) is 0 Å². The zero-order valence-electron chi connectivity index (χ0n) is 15.2. The molecule has 0 saturated heterocycles. The molecule has 1 aromatic carbocycles. The molecule has 0 amide bonds. The highest BCUT2D eigenvalue weighted by Gasteiger charge is 2.18. The maximum absolute atomic E-state index is 12.5. The molecule has 0 aliphatic carbocycles. The van der Waals surface area contributed by atoms with Gasteiger partial charge >= 0.3 is 0 Å². The third kappa shape index (κ3) is 7.05. The van der Waals surface area contributed by atoms with E-state index < -0.39 is 10.0 Å². The minimum absolute atomic E-state index is 0.447. The largest absolute Gasteiger partial charge is 0.241 e. The van der Waals surface area contributed by atoms with Crippen LogP contribution in [0.5, 0.6) is 0 Å². The van der Waals surface area contributed by atoms with E-state index in [4.69, 9.17) is 0 Å². The molecule has 132 valence electrons. The van der Waals surface area contributed by atoms with Crippen LogP contribution in [0.15, 0.2) is 17.0 Å². The van der Waals surface area contributed by atoms with E-state index in [0.717, 1.165) is 29.5 Å². The maximum Gasteiger partial charge on any atom is 0.241 e. The van der Waals surface area contributed by atoms with E-state index in [-0.39, 0.29) is 0 Å². The predicted octanol–water partition coefficient (Wildman–Crippen LogP) is 5.03. The van der Waals surface area contributed by atoms with Crippen LogP contribution >= 0.6 is 0 Å². The lowest BCUT2D eigenvalue weighted by Crippen LogP contribution is -2.26. The number of aryl methyl sites for hydroxylation is 3. The van der Waals surface area contributed by atoms with Crippen LogP contribution in [-0.4, -0.2) is 15.0 Å². The van der Waals surface area contributed by atoms with E-state index in [2.05, 4.69) is 11.6 Å². The van der Waals surface area contributed by atoms with Gasteiger partial charge in [0.15, 0.2) is 0 Å². The summed E-state index contributed by atoms with van der Waals surface area (Å²) in [4.78, 5) is 0.447. The zero-order chi connectivity index (χ0) is 17.3. The number of benzene rings is 1. The molecule has 0 fully saturated rings. The van der Waals surface area contributed by atoms with Gasteiger partial charge in [0.1, 0.15) is 0 Å². The Morgan fingerprint density at radius 2 is 1.30 bits per heavy atom. The molecule has 0 heterocycles. The Labute approximate surface area is 142 Å². The van der Waals surface area contributed by atoms with E-state index in [1.807, 2.05) is 32.9 Å². The van der Waals surface area contributed by atoms with Gasteiger partial charge in [-0.15, -0.1) is 0 Å². The summed E-state index contributed by atoms with van der Waals surface area (Å²) in [6, 6.07) is 3.86. The number of unbranched alkanes of at least 4 members (excludes halogenated alkanes) is 7. The third-order valence-corrected chi connectivity index (χ3v) is 5.96. The van der Waals surface area contributed by atoms with Crippen LogP contribution in [-0.2, 0) is 10.0 Å². The van der Waals surface area contributed by atoms with Crippen molar-refractivity contribution in [3.63, 3.8) is 0 Å². The first-order chi connectivity index (χ1) is 10.9. The van der Waals surface area contributed by atoms with Crippen molar-refractivity contribution in [1.82, 2.24) is 4.72 Å². The maximum atomic E-state index is 12.5. The number of hydrogen-bond acceptors (Lipinski definition) is 2. The molecule has 0 radical (unpaired) electrons. The van der Waals surface area contributed by atoms with Crippen LogP contribution in [0.1, 0.15) is 75.0 Å². The van der Waals surface area contributed by atoms with Gasteiger partial charge < -0.3 is 0 Å². The first-order valence-corrected chi connectivity index (χ1v) is 10.4. The second kappa shape index (κ2) is 10.1. The first kappa shape index (κ1) is 20.2. The second-order valence-electron chi connectivity index (χ2n) is 6.60. The van der Waals surface area contributed by atoms with Crippen LogP contribution in [0, 0.1) is 20.8 Å². The quantitative estimate of drug-likeness (QED) is 0.575. The molecule has 3 nitrogen and oxygen atoms in total. The van der Waals surface area contributed by atoms with Gasteiger partial charge in [-0.1, -0.05) is 69.6 Å². The normalized spacial score (nSPS) is 11.8. The van der Waals surface area contributed by atoms with Gasteiger partial charge in [0.05, 0.1) is 4.90 Å². The van der Waals surface area contributed by atoms with Crippen molar-refractivity contribution in [3.05, 3.63) is 28.8 Å². The molecule has 23 heavy (non-hydrogen) atoms. The molecule has 1 N–H and O–H groups in total. The lowest BCUT2D eigenvalue weighted by atomic mass is 10.1. The third-order valence-electron chi connectivity index (χ3n) is 4.20. The Hall–Kier alpha value is -0.870. The highest BCUT2D eigenvalue weighted by molar-refractivity contribution is 7.89. The fourth-order valence-electron chi connectivity index (χ4n) is 3.13. The van der Waals surface area contributed by atoms with Gasteiger partial charge in [0.2, 0.25) is 10.0 Å². The van der Waals surface area contributed by atoms with Crippen molar-refractivity contribution in [2.75, 3.05) is 6.54 Å². The van der Waals surface area contributed by atoms with Crippen molar-refractivity contribution in [2.45, 2.75) is 84.0 Å². The smallest absolute Gasteiger partial charge is 0.211 e. The summed E-state index contributed by atoms with van der Waals surface area (Å²) >= 11 is 0. The molecule has 0 bridgehead atoms. The summed E-state index contributed by atoms with van der Waals surface area (Å²) in [5.41, 5.74) is 2.75. The molecular weight excluding hydrogens is 306 g/mol. The number of nitrogens with one attached hydrogen (secondary N) is 1. The standard InChI is InChI=1S/C19H33NO2S/c1-5-6-7-8-9-10-11-12-13-20-23(21,22)19-17(3)14-16(2)15-18(19)4/h14-15,20H,5-13H2,1-4H3. The Morgan fingerprint density at radius 3 is 1.83 bits per heavy atom. The molecule has 1 rings (SSSR count). The summed E-state index contributed by atoms with van der Waals surface area (Å²) < 4.78 is 27.7. The molecule has 0 aromatic heterocycles. The summed E-state index contributed by atoms with van der Waals surface area (Å²) in [5.74, 6) is 0. The zero-order valence-corrected chi connectivity index (χ0v) is 16.1. The topological polar surface area (TPSA) is 46.2 Å². The molecule has 0 saturated carbocycles. The molecule has 0 atom stereocenters. The summed E-state index contributed by atoms with van der Waals surface area (Å²) in [6.45, 7) is 8.48. The monoisotopic (exact) mass is 339 g/mol. The summed E-state index contributed by atoms with van der Waals surface area (Å²) in [5, 5.41) is 0. The number of hydrogen-bond donors (Lipinski definition) is 1. The van der Waals surface area contributed by atoms with Gasteiger partial charge in [-0.25, -0.2) is 13.1 Å². The van der Waals surface area contributed by atoms with Crippen LogP contribution in [0.4, 0.5) is 0 Å². The Bertz CT molecular complexity index is 556. The SMILES string of the molecule is CCCCCCCCCCNS(=O)(=O)c1c(C)cc(C)cc1C. The lowest BCUT2D eigenvalue weighted by Gasteiger charge is -2.13. The van der Waals surface area contributed by atoms with Crippen LogP contribution < -0.4 is 4.72 Å². The van der Waals surface area contributed by atoms with Crippen molar-refractivity contribution in [1.29, 1.82) is 0 Å². The van der Waals surface area contributed by atoms with Gasteiger partial charge in [-0.3, -0.25) is 0 Å². The average molecular weight is 340 g/mol. The minimum Gasteiger partial charge on any atom is -0.211 e.